The SMILES string of the molecule is C#CCC(N)C(=O)N1CCN(c2cccc(C)c2C)CC1. The fraction of sp³-hybridized carbons (Fsp3) is 0.471. The Hall–Kier alpha value is -1.99. The van der Waals surface area contributed by atoms with Crippen LogP contribution in [0.3, 0.4) is 0 Å². The van der Waals surface area contributed by atoms with Gasteiger partial charge >= 0.3 is 0 Å². The van der Waals surface area contributed by atoms with Gasteiger partial charge in [0.15, 0.2) is 0 Å². The summed E-state index contributed by atoms with van der Waals surface area (Å²) in [5.41, 5.74) is 9.66. The van der Waals surface area contributed by atoms with Crippen molar-refractivity contribution in [3.63, 3.8) is 0 Å². The van der Waals surface area contributed by atoms with Gasteiger partial charge in [-0.05, 0) is 31.0 Å². The van der Waals surface area contributed by atoms with Crippen LogP contribution >= 0.6 is 0 Å². The maximum Gasteiger partial charge on any atom is 0.240 e. The second-order valence-corrected chi connectivity index (χ2v) is 5.55. The monoisotopic (exact) mass is 285 g/mol. The van der Waals surface area contributed by atoms with Crippen LogP contribution in [0.4, 0.5) is 5.69 Å². The van der Waals surface area contributed by atoms with Gasteiger partial charge in [0, 0.05) is 38.3 Å². The van der Waals surface area contributed by atoms with Crippen molar-refractivity contribution in [1.29, 1.82) is 0 Å². The number of aryl methyl sites for hydroxylation is 1. The predicted octanol–water partition coefficient (Wildman–Crippen LogP) is 1.30. The van der Waals surface area contributed by atoms with Gasteiger partial charge < -0.3 is 15.5 Å². The lowest BCUT2D eigenvalue weighted by Gasteiger charge is -2.37. The van der Waals surface area contributed by atoms with Gasteiger partial charge in [-0.2, -0.15) is 0 Å². The van der Waals surface area contributed by atoms with Crippen molar-refractivity contribution in [3.05, 3.63) is 29.3 Å². The molecule has 4 heteroatoms. The molecule has 1 fully saturated rings. The van der Waals surface area contributed by atoms with Crippen molar-refractivity contribution in [1.82, 2.24) is 4.90 Å². The van der Waals surface area contributed by atoms with Crippen LogP contribution < -0.4 is 10.6 Å². The molecule has 0 saturated carbocycles. The number of carbonyl (C=O) groups excluding carboxylic acids is 1. The highest BCUT2D eigenvalue weighted by Crippen LogP contribution is 2.23. The summed E-state index contributed by atoms with van der Waals surface area (Å²) >= 11 is 0. The highest BCUT2D eigenvalue weighted by molar-refractivity contribution is 5.82. The maximum absolute atomic E-state index is 12.1. The van der Waals surface area contributed by atoms with E-state index in [1.54, 1.807) is 0 Å². The highest BCUT2D eigenvalue weighted by Gasteiger charge is 2.25. The number of nitrogens with zero attached hydrogens (tertiary/aromatic N) is 2. The lowest BCUT2D eigenvalue weighted by molar-refractivity contribution is -0.132. The first-order valence-corrected chi connectivity index (χ1v) is 7.33. The number of benzene rings is 1. The summed E-state index contributed by atoms with van der Waals surface area (Å²) in [6.07, 6.45) is 5.52. The molecule has 1 heterocycles. The average Bonchev–Trinajstić information content (AvgIpc) is 2.50. The van der Waals surface area contributed by atoms with E-state index in [-0.39, 0.29) is 5.91 Å². The Kier molecular flexibility index (Phi) is 4.87. The zero-order valence-electron chi connectivity index (χ0n) is 12.8. The van der Waals surface area contributed by atoms with Crippen LogP contribution in [0.2, 0.25) is 0 Å². The van der Waals surface area contributed by atoms with Crippen LogP contribution in [0.25, 0.3) is 0 Å². The van der Waals surface area contributed by atoms with Gasteiger partial charge in [0.1, 0.15) is 0 Å². The largest absolute Gasteiger partial charge is 0.368 e. The topological polar surface area (TPSA) is 49.6 Å². The van der Waals surface area contributed by atoms with Gasteiger partial charge in [0.05, 0.1) is 6.04 Å². The first kappa shape index (κ1) is 15.4. The van der Waals surface area contributed by atoms with Crippen LogP contribution in [0.15, 0.2) is 18.2 Å². The third-order valence-corrected chi connectivity index (χ3v) is 4.16. The minimum Gasteiger partial charge on any atom is -0.368 e. The minimum atomic E-state index is -0.567. The molecule has 0 aromatic heterocycles. The lowest BCUT2D eigenvalue weighted by atomic mass is 10.1. The van der Waals surface area contributed by atoms with Crippen molar-refractivity contribution in [2.45, 2.75) is 26.3 Å². The van der Waals surface area contributed by atoms with E-state index in [0.717, 1.165) is 13.1 Å². The highest BCUT2D eigenvalue weighted by atomic mass is 16.2. The molecule has 2 N–H and O–H groups in total. The summed E-state index contributed by atoms with van der Waals surface area (Å²) in [4.78, 5) is 16.3. The van der Waals surface area contributed by atoms with Crippen molar-refractivity contribution >= 4 is 11.6 Å². The summed E-state index contributed by atoms with van der Waals surface area (Å²) in [7, 11) is 0. The summed E-state index contributed by atoms with van der Waals surface area (Å²) in [5.74, 6) is 2.42. The lowest BCUT2D eigenvalue weighted by Crippen LogP contribution is -2.53. The fourth-order valence-corrected chi connectivity index (χ4v) is 2.69. The van der Waals surface area contributed by atoms with Gasteiger partial charge in [-0.15, -0.1) is 12.3 Å². The quantitative estimate of drug-likeness (QED) is 0.852. The van der Waals surface area contributed by atoms with E-state index in [1.807, 2.05) is 4.90 Å². The molecule has 1 unspecified atom stereocenters. The molecular weight excluding hydrogens is 262 g/mol. The van der Waals surface area contributed by atoms with Crippen molar-refractivity contribution in [2.75, 3.05) is 31.1 Å². The van der Waals surface area contributed by atoms with E-state index in [9.17, 15) is 4.79 Å². The second-order valence-electron chi connectivity index (χ2n) is 5.55. The molecule has 0 bridgehead atoms. The van der Waals surface area contributed by atoms with Crippen molar-refractivity contribution in [2.24, 2.45) is 5.73 Å². The molecule has 1 aliphatic rings. The van der Waals surface area contributed by atoms with Crippen molar-refractivity contribution < 1.29 is 4.79 Å². The van der Waals surface area contributed by atoms with Gasteiger partial charge in [-0.3, -0.25) is 4.79 Å². The van der Waals surface area contributed by atoms with Gasteiger partial charge in [0.2, 0.25) is 5.91 Å². The molecule has 112 valence electrons. The molecule has 1 aliphatic heterocycles. The molecule has 0 spiro atoms. The second kappa shape index (κ2) is 6.64. The van der Waals surface area contributed by atoms with E-state index in [4.69, 9.17) is 12.2 Å². The fourth-order valence-electron chi connectivity index (χ4n) is 2.69. The van der Waals surface area contributed by atoms with E-state index in [1.165, 1.54) is 16.8 Å². The molecule has 4 nitrogen and oxygen atoms in total. The molecule has 1 saturated heterocycles. The summed E-state index contributed by atoms with van der Waals surface area (Å²) in [5, 5.41) is 0. The Morgan fingerprint density at radius 3 is 2.62 bits per heavy atom. The van der Waals surface area contributed by atoms with Crippen LogP contribution in [0.5, 0.6) is 0 Å². The first-order chi connectivity index (χ1) is 10.0. The van der Waals surface area contributed by atoms with E-state index >= 15 is 0 Å². The number of hydrogen-bond donors (Lipinski definition) is 1. The third kappa shape index (κ3) is 3.37. The zero-order valence-corrected chi connectivity index (χ0v) is 12.8. The molecule has 0 radical (unpaired) electrons. The molecule has 1 aromatic carbocycles. The van der Waals surface area contributed by atoms with E-state index in [2.05, 4.69) is 42.9 Å². The number of anilines is 1. The standard InChI is InChI=1S/C17H23N3O/c1-4-6-15(18)17(21)20-11-9-19(10-12-20)16-8-5-7-13(2)14(16)3/h1,5,7-8,15H,6,9-12,18H2,2-3H3. The molecule has 1 atom stereocenters. The minimum absolute atomic E-state index is 0.0337. The Morgan fingerprint density at radius 2 is 2.00 bits per heavy atom. The average molecular weight is 285 g/mol. The van der Waals surface area contributed by atoms with Crippen LogP contribution in [-0.4, -0.2) is 43.0 Å². The molecule has 21 heavy (non-hydrogen) atoms. The normalized spacial score (nSPS) is 16.5. The number of terminal acetylenes is 1. The van der Waals surface area contributed by atoms with Gasteiger partial charge in [-0.1, -0.05) is 12.1 Å². The molecule has 0 aliphatic carbocycles. The Bertz CT molecular complexity index is 554. The predicted molar refractivity (Wildman–Crippen MR) is 86.1 cm³/mol. The van der Waals surface area contributed by atoms with Crippen molar-refractivity contribution in [3.8, 4) is 12.3 Å². The Labute approximate surface area is 126 Å². The first-order valence-electron chi connectivity index (χ1n) is 7.33. The molecule has 1 amide bonds. The third-order valence-electron chi connectivity index (χ3n) is 4.16. The maximum atomic E-state index is 12.1. The smallest absolute Gasteiger partial charge is 0.240 e. The van der Waals surface area contributed by atoms with Crippen LogP contribution in [0.1, 0.15) is 17.5 Å². The number of piperazine rings is 1. The van der Waals surface area contributed by atoms with Gasteiger partial charge in [0.25, 0.3) is 0 Å². The summed E-state index contributed by atoms with van der Waals surface area (Å²) in [6.45, 7) is 7.33. The van der Waals surface area contributed by atoms with E-state index in [0.29, 0.717) is 19.5 Å². The molecular formula is C17H23N3O. The zero-order chi connectivity index (χ0) is 15.4. The van der Waals surface area contributed by atoms with Gasteiger partial charge in [-0.25, -0.2) is 0 Å². The number of carbonyl (C=O) groups is 1. The van der Waals surface area contributed by atoms with E-state index < -0.39 is 6.04 Å². The molecule has 1 aromatic rings. The number of nitrogens with two attached hydrogens (primary N) is 1. The number of amides is 1. The Balaban J connectivity index is 1.99. The molecule has 2 rings (SSSR count). The summed E-state index contributed by atoms with van der Waals surface area (Å²) < 4.78 is 0. The summed E-state index contributed by atoms with van der Waals surface area (Å²) in [6, 6.07) is 5.78. The van der Waals surface area contributed by atoms with Crippen LogP contribution in [-0.2, 0) is 4.79 Å². The number of hydrogen-bond acceptors (Lipinski definition) is 3. The number of rotatable bonds is 3. The van der Waals surface area contributed by atoms with Crippen LogP contribution in [0, 0.1) is 26.2 Å². The Morgan fingerprint density at radius 1 is 1.33 bits per heavy atom.